The molecule has 0 aliphatic rings. The zero-order valence-corrected chi connectivity index (χ0v) is 10.00. The van der Waals surface area contributed by atoms with E-state index in [2.05, 4.69) is 16.4 Å². The average molecular weight is 244 g/mol. The number of hydrogen-bond acceptors (Lipinski definition) is 5. The Kier molecular flexibility index (Phi) is 3.70. The van der Waals surface area contributed by atoms with E-state index in [9.17, 15) is 0 Å². The molecule has 5 heteroatoms. The molecule has 0 radical (unpaired) electrons. The van der Waals surface area contributed by atoms with Crippen molar-refractivity contribution in [2.24, 2.45) is 5.73 Å². The smallest absolute Gasteiger partial charge is 0.187 e. The van der Waals surface area contributed by atoms with Gasteiger partial charge in [-0.2, -0.15) is 5.26 Å². The van der Waals surface area contributed by atoms with E-state index in [-0.39, 0.29) is 0 Å². The lowest BCUT2D eigenvalue weighted by Crippen LogP contribution is -2.02. The van der Waals surface area contributed by atoms with Gasteiger partial charge in [-0.05, 0) is 24.7 Å². The van der Waals surface area contributed by atoms with Crippen LogP contribution in [0.5, 0.6) is 0 Å². The zero-order valence-electron chi connectivity index (χ0n) is 9.18. The lowest BCUT2D eigenvalue weighted by atomic mass is 10.2. The van der Waals surface area contributed by atoms with Gasteiger partial charge in [-0.1, -0.05) is 6.07 Å². The Morgan fingerprint density at radius 2 is 2.35 bits per heavy atom. The van der Waals surface area contributed by atoms with Crippen LogP contribution in [-0.4, -0.2) is 11.5 Å². The van der Waals surface area contributed by atoms with Gasteiger partial charge in [0.05, 0.1) is 17.3 Å². The fourth-order valence-corrected chi connectivity index (χ4v) is 2.18. The molecule has 17 heavy (non-hydrogen) atoms. The summed E-state index contributed by atoms with van der Waals surface area (Å²) in [6, 6.07) is 9.42. The summed E-state index contributed by atoms with van der Waals surface area (Å²) in [5.41, 5.74) is 7.97. The number of rotatable bonds is 4. The predicted octanol–water partition coefficient (Wildman–Crippen LogP) is 2.26. The van der Waals surface area contributed by atoms with Gasteiger partial charge in [0.15, 0.2) is 5.13 Å². The Hall–Kier alpha value is -1.90. The topological polar surface area (TPSA) is 74.7 Å². The third kappa shape index (κ3) is 3.03. The van der Waals surface area contributed by atoms with Gasteiger partial charge in [0.1, 0.15) is 0 Å². The van der Waals surface area contributed by atoms with Crippen LogP contribution >= 0.6 is 11.3 Å². The van der Waals surface area contributed by atoms with Crippen molar-refractivity contribution in [3.05, 3.63) is 40.9 Å². The first-order chi connectivity index (χ1) is 8.31. The van der Waals surface area contributed by atoms with E-state index in [1.54, 1.807) is 12.1 Å². The van der Waals surface area contributed by atoms with Crippen LogP contribution in [0.15, 0.2) is 29.6 Å². The molecular formula is C12H12N4S. The normalized spacial score (nSPS) is 9.88. The zero-order chi connectivity index (χ0) is 12.1. The quantitative estimate of drug-likeness (QED) is 0.865. The molecule has 1 heterocycles. The molecule has 0 saturated heterocycles. The fourth-order valence-electron chi connectivity index (χ4n) is 1.42. The molecule has 1 aromatic carbocycles. The van der Waals surface area contributed by atoms with Gasteiger partial charge >= 0.3 is 0 Å². The van der Waals surface area contributed by atoms with E-state index in [1.165, 1.54) is 11.3 Å². The summed E-state index contributed by atoms with van der Waals surface area (Å²) in [7, 11) is 0. The maximum atomic E-state index is 8.80. The average Bonchev–Trinajstić information content (AvgIpc) is 2.77. The first kappa shape index (κ1) is 11.6. The first-order valence-electron chi connectivity index (χ1n) is 5.23. The Balaban J connectivity index is 2.11. The second-order valence-electron chi connectivity index (χ2n) is 3.50. The van der Waals surface area contributed by atoms with Gasteiger partial charge < -0.3 is 11.1 Å². The van der Waals surface area contributed by atoms with Gasteiger partial charge in [0.2, 0.25) is 0 Å². The van der Waals surface area contributed by atoms with E-state index in [1.807, 2.05) is 17.5 Å². The maximum Gasteiger partial charge on any atom is 0.187 e. The van der Waals surface area contributed by atoms with Crippen LogP contribution in [0.4, 0.5) is 10.8 Å². The number of benzene rings is 1. The fraction of sp³-hybridized carbons (Fsp3) is 0.167. The monoisotopic (exact) mass is 244 g/mol. The molecule has 0 spiro atoms. The summed E-state index contributed by atoms with van der Waals surface area (Å²) in [5.74, 6) is 0. The van der Waals surface area contributed by atoms with Gasteiger partial charge in [-0.15, -0.1) is 11.3 Å². The number of anilines is 2. The molecule has 0 fully saturated rings. The summed E-state index contributed by atoms with van der Waals surface area (Å²) in [6.45, 7) is 0.604. The van der Waals surface area contributed by atoms with Gasteiger partial charge in [-0.25, -0.2) is 4.98 Å². The number of nitriles is 1. The highest BCUT2D eigenvalue weighted by molar-refractivity contribution is 7.13. The molecular weight excluding hydrogens is 232 g/mol. The maximum absolute atomic E-state index is 8.80. The van der Waals surface area contributed by atoms with Crippen molar-refractivity contribution < 1.29 is 0 Å². The third-order valence-electron chi connectivity index (χ3n) is 2.20. The van der Waals surface area contributed by atoms with Crippen molar-refractivity contribution in [3.63, 3.8) is 0 Å². The highest BCUT2D eigenvalue weighted by Crippen LogP contribution is 2.21. The largest absolute Gasteiger partial charge is 0.332 e. The van der Waals surface area contributed by atoms with Crippen molar-refractivity contribution in [2.75, 3.05) is 11.9 Å². The van der Waals surface area contributed by atoms with E-state index in [0.29, 0.717) is 12.1 Å². The lowest BCUT2D eigenvalue weighted by Gasteiger charge is -2.01. The van der Waals surface area contributed by atoms with Gasteiger partial charge in [0.25, 0.3) is 0 Å². The summed E-state index contributed by atoms with van der Waals surface area (Å²) in [6.07, 6.45) is 0.788. The summed E-state index contributed by atoms with van der Waals surface area (Å²) >= 11 is 1.54. The van der Waals surface area contributed by atoms with Crippen molar-refractivity contribution in [3.8, 4) is 6.07 Å². The highest BCUT2D eigenvalue weighted by Gasteiger charge is 2.02. The Morgan fingerprint density at radius 1 is 1.47 bits per heavy atom. The Bertz CT molecular complexity index is 541. The molecule has 4 nitrogen and oxygen atoms in total. The lowest BCUT2D eigenvalue weighted by molar-refractivity contribution is 0.936. The molecule has 1 aromatic heterocycles. The minimum Gasteiger partial charge on any atom is -0.332 e. The number of thiazole rings is 1. The number of nitrogens with two attached hydrogens (primary N) is 1. The van der Waals surface area contributed by atoms with Crippen LogP contribution in [0, 0.1) is 11.3 Å². The van der Waals surface area contributed by atoms with Crippen LogP contribution in [0.1, 0.15) is 11.3 Å². The van der Waals surface area contributed by atoms with Crippen LogP contribution < -0.4 is 11.1 Å². The molecule has 2 aromatic rings. The van der Waals surface area contributed by atoms with E-state index in [0.717, 1.165) is 22.9 Å². The van der Waals surface area contributed by atoms with E-state index >= 15 is 0 Å². The van der Waals surface area contributed by atoms with Crippen molar-refractivity contribution in [2.45, 2.75) is 6.42 Å². The standard InChI is InChI=1S/C12H12N4S/c13-5-4-11-8-17-12(16-11)15-10-3-1-2-9(6-10)7-14/h1-3,6,8H,4-5,13H2,(H,15,16). The molecule has 0 amide bonds. The minimum atomic E-state index is 0.604. The van der Waals surface area contributed by atoms with Gasteiger partial charge in [0, 0.05) is 17.5 Å². The molecule has 0 atom stereocenters. The molecule has 0 aliphatic heterocycles. The molecule has 3 N–H and O–H groups in total. The molecule has 86 valence electrons. The molecule has 2 rings (SSSR count). The highest BCUT2D eigenvalue weighted by atomic mass is 32.1. The van der Waals surface area contributed by atoms with E-state index in [4.69, 9.17) is 11.0 Å². The number of aromatic nitrogens is 1. The SMILES string of the molecule is N#Cc1cccc(Nc2nc(CCN)cs2)c1. The van der Waals surface area contributed by atoms with Crippen molar-refractivity contribution >= 4 is 22.2 Å². The summed E-state index contributed by atoms with van der Waals surface area (Å²) < 4.78 is 0. The number of nitrogens with zero attached hydrogens (tertiary/aromatic N) is 2. The van der Waals surface area contributed by atoms with Crippen LogP contribution in [-0.2, 0) is 6.42 Å². The summed E-state index contributed by atoms with van der Waals surface area (Å²) in [5, 5.41) is 14.8. The van der Waals surface area contributed by atoms with Crippen molar-refractivity contribution in [1.82, 2.24) is 4.98 Å². The third-order valence-corrected chi connectivity index (χ3v) is 3.00. The second-order valence-corrected chi connectivity index (χ2v) is 4.36. The molecule has 0 bridgehead atoms. The number of nitrogens with one attached hydrogen (secondary N) is 1. The first-order valence-corrected chi connectivity index (χ1v) is 6.11. The van der Waals surface area contributed by atoms with E-state index < -0.39 is 0 Å². The molecule has 0 unspecified atom stereocenters. The number of hydrogen-bond donors (Lipinski definition) is 2. The Labute approximate surface area is 104 Å². The van der Waals surface area contributed by atoms with Gasteiger partial charge in [-0.3, -0.25) is 0 Å². The second kappa shape index (κ2) is 5.43. The van der Waals surface area contributed by atoms with Crippen LogP contribution in [0.25, 0.3) is 0 Å². The summed E-state index contributed by atoms with van der Waals surface area (Å²) in [4.78, 5) is 4.40. The van der Waals surface area contributed by atoms with Crippen molar-refractivity contribution in [1.29, 1.82) is 5.26 Å². The minimum absolute atomic E-state index is 0.604. The predicted molar refractivity (Wildman–Crippen MR) is 69.3 cm³/mol. The molecule has 0 saturated carbocycles. The van der Waals surface area contributed by atoms with Crippen LogP contribution in [0.3, 0.4) is 0 Å². The molecule has 0 aliphatic carbocycles. The Morgan fingerprint density at radius 3 is 3.12 bits per heavy atom. The van der Waals surface area contributed by atoms with Crippen LogP contribution in [0.2, 0.25) is 0 Å².